The summed E-state index contributed by atoms with van der Waals surface area (Å²) in [7, 11) is 1.96. The molecule has 3 rings (SSSR count). The first-order valence-corrected chi connectivity index (χ1v) is 7.10. The fourth-order valence-electron chi connectivity index (χ4n) is 2.53. The Morgan fingerprint density at radius 3 is 2.86 bits per heavy atom. The lowest BCUT2D eigenvalue weighted by atomic mass is 10.1. The Hall–Kier alpha value is -1.40. The van der Waals surface area contributed by atoms with Gasteiger partial charge in [-0.2, -0.15) is 4.99 Å². The van der Waals surface area contributed by atoms with Crippen molar-refractivity contribution in [1.29, 1.82) is 0 Å². The van der Waals surface area contributed by atoms with Gasteiger partial charge >= 0.3 is 0 Å². The summed E-state index contributed by atoms with van der Waals surface area (Å²) in [5, 5.41) is 9.87. The fraction of sp³-hybridized carbons (Fsp3) is 0.400. The number of halogens is 1. The molecule has 1 N–H and O–H groups in total. The van der Waals surface area contributed by atoms with E-state index in [9.17, 15) is 5.11 Å². The summed E-state index contributed by atoms with van der Waals surface area (Å²) in [4.78, 5) is 4.23. The van der Waals surface area contributed by atoms with E-state index in [4.69, 9.17) is 21.1 Å². The number of aliphatic hydroxyl groups excluding tert-OH is 1. The Labute approximate surface area is 128 Å². The van der Waals surface area contributed by atoms with E-state index >= 15 is 0 Å². The molecule has 2 aliphatic rings. The standard InChI is InChI=1S/C15H18ClN2O3/c1-15(2)20-8-10-4-11(16)5-13(14(10)21-15)18(3)6-12(7-19)17-9-18/h4-6,9,19H,7-8H2,1-3H3/q+1. The maximum atomic E-state index is 9.25. The quantitative estimate of drug-likeness (QED) is 0.855. The third kappa shape index (κ3) is 2.58. The Balaban J connectivity index is 2.14. The van der Waals surface area contributed by atoms with Crippen LogP contribution in [0.1, 0.15) is 19.4 Å². The molecule has 0 bridgehead atoms. The van der Waals surface area contributed by atoms with Gasteiger partial charge in [-0.3, -0.25) is 0 Å². The first-order chi connectivity index (χ1) is 9.83. The van der Waals surface area contributed by atoms with Gasteiger partial charge in [0.2, 0.25) is 5.79 Å². The van der Waals surface area contributed by atoms with Crippen LogP contribution in [-0.4, -0.2) is 30.9 Å². The smallest absolute Gasteiger partial charge is 0.205 e. The van der Waals surface area contributed by atoms with Crippen LogP contribution in [0.5, 0.6) is 5.75 Å². The molecule has 6 heteroatoms. The number of quaternary nitrogens is 1. The molecular weight excluding hydrogens is 292 g/mol. The molecule has 0 saturated heterocycles. The summed E-state index contributed by atoms with van der Waals surface area (Å²) in [6, 6.07) is 3.72. The minimum atomic E-state index is -0.685. The van der Waals surface area contributed by atoms with Gasteiger partial charge in [0.1, 0.15) is 11.9 Å². The molecule has 5 nitrogen and oxygen atoms in total. The normalized spacial score (nSPS) is 26.2. The number of ether oxygens (including phenoxy) is 2. The predicted octanol–water partition coefficient (Wildman–Crippen LogP) is 2.80. The molecule has 2 aliphatic heterocycles. The zero-order valence-corrected chi connectivity index (χ0v) is 13.0. The van der Waals surface area contributed by atoms with Crippen molar-refractivity contribution in [3.05, 3.63) is 34.6 Å². The van der Waals surface area contributed by atoms with Crippen LogP contribution in [0.15, 0.2) is 29.0 Å². The Morgan fingerprint density at radius 1 is 1.43 bits per heavy atom. The summed E-state index contributed by atoms with van der Waals surface area (Å²) >= 11 is 6.23. The monoisotopic (exact) mass is 309 g/mol. The minimum absolute atomic E-state index is 0.0947. The first kappa shape index (κ1) is 14.5. The van der Waals surface area contributed by atoms with Crippen LogP contribution in [0.3, 0.4) is 0 Å². The number of aliphatic imine (C=N–C) groups is 1. The van der Waals surface area contributed by atoms with Gasteiger partial charge in [-0.25, -0.2) is 4.48 Å². The number of hydrogen-bond donors (Lipinski definition) is 1. The zero-order chi connectivity index (χ0) is 15.3. The van der Waals surface area contributed by atoms with Crippen LogP contribution in [0.4, 0.5) is 5.69 Å². The summed E-state index contributed by atoms with van der Waals surface area (Å²) in [6.45, 7) is 4.11. The second-order valence-corrected chi connectivity index (χ2v) is 6.31. The number of aliphatic hydroxyl groups is 1. The van der Waals surface area contributed by atoms with Crippen LogP contribution in [0.2, 0.25) is 5.02 Å². The van der Waals surface area contributed by atoms with Crippen molar-refractivity contribution >= 4 is 23.6 Å². The summed E-state index contributed by atoms with van der Waals surface area (Å²) < 4.78 is 12.0. The van der Waals surface area contributed by atoms with Crippen molar-refractivity contribution in [1.82, 2.24) is 4.48 Å². The highest BCUT2D eigenvalue weighted by Crippen LogP contribution is 2.44. The molecule has 0 saturated carbocycles. The predicted molar refractivity (Wildman–Crippen MR) is 82.3 cm³/mol. The van der Waals surface area contributed by atoms with E-state index in [0.717, 1.165) is 17.0 Å². The second kappa shape index (κ2) is 4.81. The molecule has 2 heterocycles. The molecule has 112 valence electrons. The van der Waals surface area contributed by atoms with E-state index in [1.54, 1.807) is 6.34 Å². The van der Waals surface area contributed by atoms with E-state index in [1.165, 1.54) is 0 Å². The molecule has 0 fully saturated rings. The van der Waals surface area contributed by atoms with Gasteiger partial charge in [0.15, 0.2) is 17.8 Å². The van der Waals surface area contributed by atoms with Crippen LogP contribution >= 0.6 is 11.6 Å². The highest BCUT2D eigenvalue weighted by molar-refractivity contribution is 6.31. The van der Waals surface area contributed by atoms with E-state index in [2.05, 4.69) is 4.99 Å². The molecular formula is C15H18ClN2O3+. The van der Waals surface area contributed by atoms with Gasteiger partial charge in [0, 0.05) is 30.5 Å². The fourth-order valence-corrected chi connectivity index (χ4v) is 2.76. The van der Waals surface area contributed by atoms with E-state index in [0.29, 0.717) is 21.8 Å². The Morgan fingerprint density at radius 2 is 2.19 bits per heavy atom. The van der Waals surface area contributed by atoms with E-state index < -0.39 is 5.79 Å². The van der Waals surface area contributed by atoms with Crippen molar-refractivity contribution in [2.24, 2.45) is 4.99 Å². The number of hydrogen-bond acceptors (Lipinski definition) is 4. The topological polar surface area (TPSA) is 51.0 Å². The van der Waals surface area contributed by atoms with E-state index in [1.807, 2.05) is 39.2 Å². The molecule has 21 heavy (non-hydrogen) atoms. The Kier molecular flexibility index (Phi) is 3.33. The first-order valence-electron chi connectivity index (χ1n) is 6.73. The molecule has 0 spiro atoms. The largest absolute Gasteiger partial charge is 0.456 e. The van der Waals surface area contributed by atoms with Gasteiger partial charge in [-0.1, -0.05) is 11.6 Å². The average molecular weight is 310 g/mol. The third-order valence-corrected chi connectivity index (χ3v) is 3.81. The second-order valence-electron chi connectivity index (χ2n) is 5.87. The van der Waals surface area contributed by atoms with Gasteiger partial charge in [0.25, 0.3) is 0 Å². The zero-order valence-electron chi connectivity index (χ0n) is 12.3. The Bertz CT molecular complexity index is 655. The summed E-state index contributed by atoms with van der Waals surface area (Å²) in [5.74, 6) is 0.0785. The lowest BCUT2D eigenvalue weighted by Crippen LogP contribution is -2.40. The van der Waals surface area contributed by atoms with Crippen molar-refractivity contribution in [3.8, 4) is 5.75 Å². The van der Waals surface area contributed by atoms with Gasteiger partial charge in [-0.05, 0) is 6.07 Å². The molecule has 0 amide bonds. The van der Waals surface area contributed by atoms with Crippen molar-refractivity contribution in [2.75, 3.05) is 13.7 Å². The SMILES string of the molecule is CC1(C)OCc2cc(Cl)cc([N+]3(C)C=NC(CO)=C3)c2O1. The molecule has 1 aromatic rings. The lowest BCUT2D eigenvalue weighted by molar-refractivity contribution is -0.180. The van der Waals surface area contributed by atoms with E-state index in [-0.39, 0.29) is 6.61 Å². The molecule has 1 aromatic carbocycles. The molecule has 0 aromatic heterocycles. The molecule has 1 unspecified atom stereocenters. The molecule has 1 atom stereocenters. The summed E-state index contributed by atoms with van der Waals surface area (Å²) in [5.41, 5.74) is 2.41. The number of benzene rings is 1. The van der Waals surface area contributed by atoms with Gasteiger partial charge in [-0.15, -0.1) is 0 Å². The lowest BCUT2D eigenvalue weighted by Gasteiger charge is -2.35. The third-order valence-electron chi connectivity index (χ3n) is 3.60. The van der Waals surface area contributed by atoms with Crippen molar-refractivity contribution < 1.29 is 14.6 Å². The van der Waals surface area contributed by atoms with Crippen LogP contribution in [-0.2, 0) is 11.3 Å². The molecule has 0 aliphatic carbocycles. The van der Waals surface area contributed by atoms with Gasteiger partial charge < -0.3 is 14.6 Å². The number of rotatable bonds is 2. The maximum absolute atomic E-state index is 9.25. The number of nitrogens with zero attached hydrogens (tertiary/aromatic N) is 2. The molecule has 0 radical (unpaired) electrons. The van der Waals surface area contributed by atoms with Crippen LogP contribution in [0, 0.1) is 0 Å². The summed E-state index contributed by atoms with van der Waals surface area (Å²) in [6.07, 6.45) is 3.63. The van der Waals surface area contributed by atoms with Crippen LogP contribution < -0.4 is 9.22 Å². The minimum Gasteiger partial charge on any atom is -0.456 e. The maximum Gasteiger partial charge on any atom is 0.205 e. The number of fused-ring (bicyclic) bond motifs is 1. The van der Waals surface area contributed by atoms with Crippen molar-refractivity contribution in [2.45, 2.75) is 26.2 Å². The van der Waals surface area contributed by atoms with Crippen LogP contribution in [0.25, 0.3) is 0 Å². The van der Waals surface area contributed by atoms with Crippen molar-refractivity contribution in [3.63, 3.8) is 0 Å². The van der Waals surface area contributed by atoms with Gasteiger partial charge in [0.05, 0.1) is 20.3 Å². The average Bonchev–Trinajstić information content (AvgIpc) is 2.81. The highest BCUT2D eigenvalue weighted by Gasteiger charge is 2.37. The highest BCUT2D eigenvalue weighted by atomic mass is 35.5.